The Morgan fingerprint density at radius 2 is 2.32 bits per heavy atom. The van der Waals surface area contributed by atoms with E-state index in [1.54, 1.807) is 17.5 Å². The van der Waals surface area contributed by atoms with Crippen molar-refractivity contribution >= 4 is 38.9 Å². The molecule has 0 saturated heterocycles. The Kier molecular flexibility index (Phi) is 5.82. The smallest absolute Gasteiger partial charge is 0.0589 e. The summed E-state index contributed by atoms with van der Waals surface area (Å²) in [6.07, 6.45) is 3.77. The van der Waals surface area contributed by atoms with Crippen molar-refractivity contribution in [1.82, 2.24) is 10.3 Å². The predicted molar refractivity (Wildman–Crippen MR) is 86.0 cm³/mol. The molecule has 0 aliphatic carbocycles. The average Bonchev–Trinajstić information content (AvgIpc) is 2.81. The Morgan fingerprint density at radius 3 is 2.89 bits per heavy atom. The second kappa shape index (κ2) is 7.39. The Hall–Kier alpha value is -0.420. The molecule has 2 nitrogen and oxygen atoms in total. The topological polar surface area (TPSA) is 24.9 Å². The van der Waals surface area contributed by atoms with Crippen LogP contribution in [-0.4, -0.2) is 11.5 Å². The maximum Gasteiger partial charge on any atom is 0.0589 e. The fraction of sp³-hybridized carbons (Fsp3) is 0.357. The Balaban J connectivity index is 2.13. The number of halogens is 2. The van der Waals surface area contributed by atoms with E-state index in [4.69, 9.17) is 11.6 Å². The molecule has 1 unspecified atom stereocenters. The number of hydrogen-bond donors (Lipinski definition) is 1. The SMILES string of the molecule is CCCNC(Cc1cc(Br)cs1)c1ccc(Cl)cn1. The fourth-order valence-electron chi connectivity index (χ4n) is 1.86. The average molecular weight is 360 g/mol. The van der Waals surface area contributed by atoms with Crippen LogP contribution in [0.1, 0.15) is 30.0 Å². The van der Waals surface area contributed by atoms with Gasteiger partial charge in [-0.15, -0.1) is 11.3 Å². The van der Waals surface area contributed by atoms with E-state index in [9.17, 15) is 0 Å². The van der Waals surface area contributed by atoms with Crippen LogP contribution >= 0.6 is 38.9 Å². The number of aromatic nitrogens is 1. The van der Waals surface area contributed by atoms with E-state index >= 15 is 0 Å². The lowest BCUT2D eigenvalue weighted by Crippen LogP contribution is -2.24. The van der Waals surface area contributed by atoms with E-state index < -0.39 is 0 Å². The molecule has 0 saturated carbocycles. The second-order valence-corrected chi connectivity index (χ2v) is 6.69. The third kappa shape index (κ3) is 4.56. The van der Waals surface area contributed by atoms with Gasteiger partial charge >= 0.3 is 0 Å². The van der Waals surface area contributed by atoms with E-state index in [0.717, 1.165) is 29.6 Å². The minimum absolute atomic E-state index is 0.239. The summed E-state index contributed by atoms with van der Waals surface area (Å²) in [6, 6.07) is 6.30. The lowest BCUT2D eigenvalue weighted by atomic mass is 10.1. The Labute approximate surface area is 131 Å². The molecule has 2 aromatic heterocycles. The fourth-order valence-corrected chi connectivity index (χ4v) is 3.47. The largest absolute Gasteiger partial charge is 0.308 e. The molecule has 0 amide bonds. The number of pyridine rings is 1. The van der Waals surface area contributed by atoms with Gasteiger partial charge < -0.3 is 5.32 Å². The van der Waals surface area contributed by atoms with E-state index in [-0.39, 0.29) is 6.04 Å². The van der Waals surface area contributed by atoms with Crippen molar-refractivity contribution in [2.24, 2.45) is 0 Å². The number of thiophene rings is 1. The summed E-state index contributed by atoms with van der Waals surface area (Å²) in [7, 11) is 0. The molecular formula is C14H16BrClN2S. The molecule has 2 aromatic rings. The van der Waals surface area contributed by atoms with Crippen LogP contribution in [0.4, 0.5) is 0 Å². The number of nitrogens with one attached hydrogen (secondary N) is 1. The first kappa shape index (κ1) is 15.0. The van der Waals surface area contributed by atoms with Gasteiger partial charge in [0, 0.05) is 27.3 Å². The molecule has 2 heterocycles. The van der Waals surface area contributed by atoms with Gasteiger partial charge in [0.2, 0.25) is 0 Å². The van der Waals surface area contributed by atoms with Gasteiger partial charge in [0.1, 0.15) is 0 Å². The first-order chi connectivity index (χ1) is 9.19. The molecule has 0 aliphatic rings. The Bertz CT molecular complexity index is 512. The highest BCUT2D eigenvalue weighted by Crippen LogP contribution is 2.25. The molecule has 1 N–H and O–H groups in total. The monoisotopic (exact) mass is 358 g/mol. The van der Waals surface area contributed by atoms with Crippen molar-refractivity contribution in [3.8, 4) is 0 Å². The van der Waals surface area contributed by atoms with Gasteiger partial charge in [0.05, 0.1) is 16.8 Å². The summed E-state index contributed by atoms with van der Waals surface area (Å²) >= 11 is 11.2. The van der Waals surface area contributed by atoms with Crippen LogP contribution < -0.4 is 5.32 Å². The van der Waals surface area contributed by atoms with E-state index in [0.29, 0.717) is 5.02 Å². The molecule has 0 aliphatic heterocycles. The molecule has 0 bridgehead atoms. The first-order valence-electron chi connectivity index (χ1n) is 6.26. The second-order valence-electron chi connectivity index (χ2n) is 4.34. The van der Waals surface area contributed by atoms with Gasteiger partial charge in [-0.25, -0.2) is 0 Å². The minimum atomic E-state index is 0.239. The van der Waals surface area contributed by atoms with Crippen molar-refractivity contribution in [3.05, 3.63) is 49.8 Å². The first-order valence-corrected chi connectivity index (χ1v) is 8.32. The van der Waals surface area contributed by atoms with E-state index in [1.807, 2.05) is 12.1 Å². The summed E-state index contributed by atoms with van der Waals surface area (Å²) in [5, 5.41) is 6.34. The highest BCUT2D eigenvalue weighted by atomic mass is 79.9. The van der Waals surface area contributed by atoms with Gasteiger partial charge in [-0.1, -0.05) is 18.5 Å². The molecular weight excluding hydrogens is 344 g/mol. The third-order valence-electron chi connectivity index (χ3n) is 2.78. The summed E-state index contributed by atoms with van der Waals surface area (Å²) in [4.78, 5) is 5.78. The maximum absolute atomic E-state index is 5.90. The molecule has 19 heavy (non-hydrogen) atoms. The van der Waals surface area contributed by atoms with Crippen LogP contribution in [0.15, 0.2) is 34.2 Å². The summed E-state index contributed by atoms with van der Waals surface area (Å²) < 4.78 is 1.14. The predicted octanol–water partition coefficient (Wildman–Crippen LogP) is 4.84. The Morgan fingerprint density at radius 1 is 1.47 bits per heavy atom. The number of nitrogens with zero attached hydrogens (tertiary/aromatic N) is 1. The molecule has 0 fully saturated rings. The molecule has 0 aromatic carbocycles. The van der Waals surface area contributed by atoms with Crippen LogP contribution in [0.5, 0.6) is 0 Å². The lowest BCUT2D eigenvalue weighted by Gasteiger charge is -2.17. The molecule has 5 heteroatoms. The van der Waals surface area contributed by atoms with Crippen LogP contribution in [0.3, 0.4) is 0 Å². The molecule has 0 radical (unpaired) electrons. The quantitative estimate of drug-likeness (QED) is 0.798. The highest BCUT2D eigenvalue weighted by Gasteiger charge is 2.14. The lowest BCUT2D eigenvalue weighted by molar-refractivity contribution is 0.521. The van der Waals surface area contributed by atoms with Crippen molar-refractivity contribution in [2.75, 3.05) is 6.54 Å². The molecule has 2 rings (SSSR count). The third-order valence-corrected chi connectivity index (χ3v) is 4.72. The van der Waals surface area contributed by atoms with Gasteiger partial charge in [0.25, 0.3) is 0 Å². The normalized spacial score (nSPS) is 12.6. The zero-order valence-corrected chi connectivity index (χ0v) is 13.9. The summed E-state index contributed by atoms with van der Waals surface area (Å²) in [5.74, 6) is 0. The van der Waals surface area contributed by atoms with Gasteiger partial charge in [-0.3, -0.25) is 4.98 Å². The summed E-state index contributed by atoms with van der Waals surface area (Å²) in [5.41, 5.74) is 1.04. The molecule has 0 spiro atoms. The van der Waals surface area contributed by atoms with Crippen molar-refractivity contribution < 1.29 is 0 Å². The number of rotatable bonds is 6. The van der Waals surface area contributed by atoms with Crippen molar-refractivity contribution in [1.29, 1.82) is 0 Å². The standard InChI is InChI=1S/C14H16BrClN2S/c1-2-5-17-14(7-12-6-10(15)9-19-12)13-4-3-11(16)8-18-13/h3-4,6,8-9,14,17H,2,5,7H2,1H3. The highest BCUT2D eigenvalue weighted by molar-refractivity contribution is 9.10. The van der Waals surface area contributed by atoms with Gasteiger partial charge in [0.15, 0.2) is 0 Å². The van der Waals surface area contributed by atoms with Crippen molar-refractivity contribution in [3.63, 3.8) is 0 Å². The zero-order chi connectivity index (χ0) is 13.7. The maximum atomic E-state index is 5.90. The van der Waals surface area contributed by atoms with E-state index in [1.165, 1.54) is 4.88 Å². The van der Waals surface area contributed by atoms with Crippen LogP contribution in [0.2, 0.25) is 5.02 Å². The molecule has 1 atom stereocenters. The van der Waals surface area contributed by atoms with Crippen LogP contribution in [-0.2, 0) is 6.42 Å². The molecule has 102 valence electrons. The number of hydrogen-bond acceptors (Lipinski definition) is 3. The van der Waals surface area contributed by atoms with Gasteiger partial charge in [-0.05, 0) is 47.1 Å². The van der Waals surface area contributed by atoms with E-state index in [2.05, 4.69) is 44.6 Å². The van der Waals surface area contributed by atoms with Gasteiger partial charge in [-0.2, -0.15) is 0 Å². The zero-order valence-electron chi connectivity index (χ0n) is 10.7. The van der Waals surface area contributed by atoms with Crippen LogP contribution in [0.25, 0.3) is 0 Å². The minimum Gasteiger partial charge on any atom is -0.308 e. The van der Waals surface area contributed by atoms with Crippen molar-refractivity contribution in [2.45, 2.75) is 25.8 Å². The van der Waals surface area contributed by atoms with Crippen LogP contribution in [0, 0.1) is 0 Å². The summed E-state index contributed by atoms with van der Waals surface area (Å²) in [6.45, 7) is 3.16.